The lowest BCUT2D eigenvalue weighted by atomic mass is 10.2. The fourth-order valence-corrected chi connectivity index (χ4v) is 1.12. The Kier molecular flexibility index (Phi) is 4.43. The number of aliphatic imine (C=N–C) groups is 1. The van der Waals surface area contributed by atoms with Crippen LogP contribution in [-0.2, 0) is 6.54 Å². The molecular weight excluding hydrogens is 192 g/mol. The lowest BCUT2D eigenvalue weighted by Gasteiger charge is -2.04. The molecule has 1 aromatic rings. The molecule has 0 fully saturated rings. The second kappa shape index (κ2) is 5.87. The first kappa shape index (κ1) is 11.3. The van der Waals surface area contributed by atoms with Gasteiger partial charge in [0.05, 0.1) is 13.2 Å². The summed E-state index contributed by atoms with van der Waals surface area (Å²) >= 11 is 0. The minimum absolute atomic E-state index is 0.219. The topological polar surface area (TPSA) is 85.7 Å². The van der Waals surface area contributed by atoms with Gasteiger partial charge in [-0.2, -0.15) is 0 Å². The van der Waals surface area contributed by atoms with Crippen LogP contribution in [-0.4, -0.2) is 12.6 Å². The monoisotopic (exact) mass is 208 g/mol. The summed E-state index contributed by atoms with van der Waals surface area (Å²) in [6, 6.07) is 7.70. The Morgan fingerprint density at radius 1 is 1.53 bits per heavy atom. The molecule has 1 rings (SSSR count). The SMILES string of the molecule is CCOc1cccc(CN=C(N)NN)c1. The summed E-state index contributed by atoms with van der Waals surface area (Å²) in [6.45, 7) is 3.08. The summed E-state index contributed by atoms with van der Waals surface area (Å²) < 4.78 is 5.36. The van der Waals surface area contributed by atoms with Crippen LogP contribution < -0.4 is 21.7 Å². The molecular formula is C10H16N4O. The van der Waals surface area contributed by atoms with Crippen molar-refractivity contribution in [1.29, 1.82) is 0 Å². The van der Waals surface area contributed by atoms with E-state index in [0.717, 1.165) is 11.3 Å². The third-order valence-corrected chi connectivity index (χ3v) is 1.79. The standard InChI is InChI=1S/C10H16N4O/c1-2-15-9-5-3-4-8(6-9)7-13-10(11)14-12/h3-6H,2,7,12H2,1H3,(H3,11,13,14). The van der Waals surface area contributed by atoms with Crippen LogP contribution in [0.5, 0.6) is 5.75 Å². The van der Waals surface area contributed by atoms with Gasteiger partial charge in [-0.1, -0.05) is 12.1 Å². The van der Waals surface area contributed by atoms with Gasteiger partial charge in [-0.15, -0.1) is 0 Å². The van der Waals surface area contributed by atoms with Crippen molar-refractivity contribution >= 4 is 5.96 Å². The van der Waals surface area contributed by atoms with Crippen molar-refractivity contribution in [1.82, 2.24) is 5.43 Å². The second-order valence-corrected chi connectivity index (χ2v) is 2.93. The van der Waals surface area contributed by atoms with Gasteiger partial charge in [0, 0.05) is 0 Å². The van der Waals surface area contributed by atoms with Crippen LogP contribution in [0.1, 0.15) is 12.5 Å². The molecule has 5 heteroatoms. The number of rotatable bonds is 4. The molecule has 0 radical (unpaired) electrons. The Labute approximate surface area is 89.1 Å². The van der Waals surface area contributed by atoms with Crippen molar-refractivity contribution in [2.75, 3.05) is 6.61 Å². The smallest absolute Gasteiger partial charge is 0.203 e. The van der Waals surface area contributed by atoms with E-state index in [4.69, 9.17) is 16.3 Å². The molecule has 0 bridgehead atoms. The third kappa shape index (κ3) is 3.86. The molecule has 0 atom stereocenters. The zero-order chi connectivity index (χ0) is 11.1. The molecule has 5 N–H and O–H groups in total. The van der Waals surface area contributed by atoms with E-state index in [1.54, 1.807) is 0 Å². The average Bonchev–Trinajstić information content (AvgIpc) is 2.27. The first-order valence-corrected chi connectivity index (χ1v) is 4.74. The second-order valence-electron chi connectivity index (χ2n) is 2.93. The third-order valence-electron chi connectivity index (χ3n) is 1.79. The van der Waals surface area contributed by atoms with Gasteiger partial charge in [-0.25, -0.2) is 10.8 Å². The van der Waals surface area contributed by atoms with E-state index in [1.165, 1.54) is 0 Å². The van der Waals surface area contributed by atoms with Gasteiger partial charge in [-0.3, -0.25) is 5.43 Å². The molecule has 5 nitrogen and oxygen atoms in total. The van der Waals surface area contributed by atoms with Gasteiger partial charge < -0.3 is 10.5 Å². The predicted molar refractivity (Wildman–Crippen MR) is 60.3 cm³/mol. The highest BCUT2D eigenvalue weighted by Gasteiger charge is 1.95. The Hall–Kier alpha value is -1.75. The maximum absolute atomic E-state index is 5.40. The van der Waals surface area contributed by atoms with E-state index < -0.39 is 0 Å². The van der Waals surface area contributed by atoms with Gasteiger partial charge >= 0.3 is 0 Å². The molecule has 0 unspecified atom stereocenters. The van der Waals surface area contributed by atoms with Crippen molar-refractivity contribution in [2.24, 2.45) is 16.6 Å². The first-order chi connectivity index (χ1) is 7.26. The van der Waals surface area contributed by atoms with E-state index in [1.807, 2.05) is 31.2 Å². The Morgan fingerprint density at radius 3 is 3.00 bits per heavy atom. The van der Waals surface area contributed by atoms with Crippen molar-refractivity contribution in [2.45, 2.75) is 13.5 Å². The Balaban J connectivity index is 2.65. The van der Waals surface area contributed by atoms with Crippen LogP contribution in [0, 0.1) is 0 Å². The molecule has 0 saturated carbocycles. The van der Waals surface area contributed by atoms with Crippen molar-refractivity contribution in [3.63, 3.8) is 0 Å². The number of guanidine groups is 1. The summed E-state index contributed by atoms with van der Waals surface area (Å²) in [5.74, 6) is 6.14. The number of nitrogens with two attached hydrogens (primary N) is 2. The molecule has 0 saturated heterocycles. The van der Waals surface area contributed by atoms with Crippen LogP contribution in [0.15, 0.2) is 29.3 Å². The van der Waals surface area contributed by atoms with Gasteiger partial charge in [0.1, 0.15) is 5.75 Å². The fourth-order valence-electron chi connectivity index (χ4n) is 1.12. The molecule has 0 aromatic heterocycles. The normalized spacial score (nSPS) is 11.2. The van der Waals surface area contributed by atoms with E-state index in [-0.39, 0.29) is 5.96 Å². The molecule has 15 heavy (non-hydrogen) atoms. The number of hydrazine groups is 1. The minimum Gasteiger partial charge on any atom is -0.494 e. The van der Waals surface area contributed by atoms with Crippen molar-refractivity contribution in [3.05, 3.63) is 29.8 Å². The molecule has 0 aliphatic rings. The summed E-state index contributed by atoms with van der Waals surface area (Å²) in [7, 11) is 0. The summed E-state index contributed by atoms with van der Waals surface area (Å²) in [5.41, 5.74) is 8.70. The number of nitrogens with one attached hydrogen (secondary N) is 1. The van der Waals surface area contributed by atoms with Crippen LogP contribution in [0.4, 0.5) is 0 Å². The highest BCUT2D eigenvalue weighted by molar-refractivity contribution is 5.77. The van der Waals surface area contributed by atoms with E-state index in [9.17, 15) is 0 Å². The largest absolute Gasteiger partial charge is 0.494 e. The first-order valence-electron chi connectivity index (χ1n) is 4.74. The summed E-state index contributed by atoms with van der Waals surface area (Å²) in [5, 5.41) is 0. The van der Waals surface area contributed by atoms with E-state index >= 15 is 0 Å². The number of nitrogens with zero attached hydrogens (tertiary/aromatic N) is 1. The molecule has 0 aliphatic carbocycles. The number of hydrogen-bond donors (Lipinski definition) is 3. The van der Waals surface area contributed by atoms with Crippen molar-refractivity contribution in [3.8, 4) is 5.75 Å². The van der Waals surface area contributed by atoms with E-state index in [2.05, 4.69) is 10.4 Å². The molecule has 0 spiro atoms. The molecule has 0 aliphatic heterocycles. The number of benzene rings is 1. The van der Waals surface area contributed by atoms with Gasteiger partial charge in [0.25, 0.3) is 0 Å². The van der Waals surface area contributed by atoms with Crippen molar-refractivity contribution < 1.29 is 4.74 Å². The van der Waals surface area contributed by atoms with Gasteiger partial charge in [0.15, 0.2) is 0 Å². The number of ether oxygens (including phenoxy) is 1. The van der Waals surface area contributed by atoms with Crippen LogP contribution in [0.2, 0.25) is 0 Å². The maximum Gasteiger partial charge on any atom is 0.203 e. The molecule has 1 aromatic carbocycles. The summed E-state index contributed by atoms with van der Waals surface area (Å²) in [4.78, 5) is 4.02. The zero-order valence-corrected chi connectivity index (χ0v) is 8.73. The van der Waals surface area contributed by atoms with Crippen LogP contribution in [0.3, 0.4) is 0 Å². The van der Waals surface area contributed by atoms with Gasteiger partial charge in [-0.05, 0) is 24.6 Å². The van der Waals surface area contributed by atoms with Gasteiger partial charge in [0.2, 0.25) is 5.96 Å². The molecule has 82 valence electrons. The highest BCUT2D eigenvalue weighted by atomic mass is 16.5. The lowest BCUT2D eigenvalue weighted by Crippen LogP contribution is -2.37. The Morgan fingerprint density at radius 2 is 2.33 bits per heavy atom. The zero-order valence-electron chi connectivity index (χ0n) is 8.73. The summed E-state index contributed by atoms with van der Waals surface area (Å²) in [6.07, 6.45) is 0. The lowest BCUT2D eigenvalue weighted by molar-refractivity contribution is 0.340. The Bertz CT molecular complexity index is 338. The van der Waals surface area contributed by atoms with Crippen LogP contribution >= 0.6 is 0 Å². The predicted octanol–water partition coefficient (Wildman–Crippen LogP) is 0.363. The minimum atomic E-state index is 0.219. The fraction of sp³-hybridized carbons (Fsp3) is 0.300. The van der Waals surface area contributed by atoms with Crippen LogP contribution in [0.25, 0.3) is 0 Å². The van der Waals surface area contributed by atoms with E-state index in [0.29, 0.717) is 13.2 Å². The quantitative estimate of drug-likeness (QED) is 0.289. The maximum atomic E-state index is 5.40. The molecule has 0 heterocycles. The highest BCUT2D eigenvalue weighted by Crippen LogP contribution is 2.13. The number of hydrogen-bond acceptors (Lipinski definition) is 3. The average molecular weight is 208 g/mol. The molecule has 0 amide bonds.